The normalized spacial score (nSPS) is 16.6. The molecular weight excluding hydrogens is 228 g/mol. The Hall–Kier alpha value is -1.20. The molecule has 1 aromatic heterocycles. The van der Waals surface area contributed by atoms with Crippen LogP contribution in [-0.2, 0) is 11.3 Å². The number of nitrogens with two attached hydrogens (primary N) is 1. The maximum absolute atomic E-state index is 5.62. The van der Waals surface area contributed by atoms with Crippen LogP contribution in [0.25, 0.3) is 0 Å². The fourth-order valence-electron chi connectivity index (χ4n) is 2.18. The molecule has 0 bridgehead atoms. The molecule has 2 N–H and O–H groups in total. The van der Waals surface area contributed by atoms with Crippen molar-refractivity contribution >= 4 is 5.82 Å². The van der Waals surface area contributed by atoms with E-state index in [1.54, 1.807) is 13.3 Å². The second-order valence-electron chi connectivity index (χ2n) is 4.84. The van der Waals surface area contributed by atoms with Crippen LogP contribution in [0.1, 0.15) is 25.5 Å². The lowest BCUT2D eigenvalue weighted by Gasteiger charge is -2.30. The van der Waals surface area contributed by atoms with Crippen molar-refractivity contribution in [1.29, 1.82) is 0 Å². The zero-order chi connectivity index (χ0) is 13.0. The molecule has 0 saturated heterocycles. The van der Waals surface area contributed by atoms with E-state index in [-0.39, 0.29) is 0 Å². The standard InChI is InChI=1S/C13H22N4O/c1-10(11-3-4-11)17(5-6-18-2)13-9-15-8-12(7-14)16-13/h8-11H,3-7,14H2,1-2H3. The lowest BCUT2D eigenvalue weighted by Crippen LogP contribution is -2.38. The van der Waals surface area contributed by atoms with Gasteiger partial charge in [0.1, 0.15) is 5.82 Å². The van der Waals surface area contributed by atoms with Crippen molar-refractivity contribution in [2.45, 2.75) is 32.4 Å². The third-order valence-corrected chi connectivity index (χ3v) is 3.51. The number of anilines is 1. The van der Waals surface area contributed by atoms with Gasteiger partial charge in [-0.15, -0.1) is 0 Å². The fraction of sp³-hybridized carbons (Fsp3) is 0.692. The number of nitrogens with zero attached hydrogens (tertiary/aromatic N) is 3. The number of aromatic nitrogens is 2. The van der Waals surface area contributed by atoms with E-state index in [4.69, 9.17) is 10.5 Å². The molecule has 0 aromatic carbocycles. The fourth-order valence-corrected chi connectivity index (χ4v) is 2.18. The number of hydrogen-bond acceptors (Lipinski definition) is 5. The largest absolute Gasteiger partial charge is 0.383 e. The monoisotopic (exact) mass is 250 g/mol. The van der Waals surface area contributed by atoms with Gasteiger partial charge in [-0.05, 0) is 25.7 Å². The van der Waals surface area contributed by atoms with Crippen molar-refractivity contribution in [3.8, 4) is 0 Å². The molecule has 5 heteroatoms. The maximum Gasteiger partial charge on any atom is 0.147 e. The van der Waals surface area contributed by atoms with Crippen LogP contribution in [0.15, 0.2) is 12.4 Å². The smallest absolute Gasteiger partial charge is 0.147 e. The highest BCUT2D eigenvalue weighted by molar-refractivity contribution is 5.38. The molecule has 18 heavy (non-hydrogen) atoms. The maximum atomic E-state index is 5.62. The molecule has 0 aliphatic heterocycles. The van der Waals surface area contributed by atoms with E-state index < -0.39 is 0 Å². The van der Waals surface area contributed by atoms with Crippen molar-refractivity contribution in [1.82, 2.24) is 9.97 Å². The summed E-state index contributed by atoms with van der Waals surface area (Å²) in [5.74, 6) is 1.69. The molecule has 1 aromatic rings. The SMILES string of the molecule is COCCN(c1cncc(CN)n1)C(C)C1CC1. The first-order valence-corrected chi connectivity index (χ1v) is 6.52. The molecule has 0 radical (unpaired) electrons. The van der Waals surface area contributed by atoms with Crippen LogP contribution in [0.5, 0.6) is 0 Å². The molecule has 1 atom stereocenters. The van der Waals surface area contributed by atoms with Gasteiger partial charge in [-0.3, -0.25) is 4.98 Å². The van der Waals surface area contributed by atoms with Crippen LogP contribution in [0.3, 0.4) is 0 Å². The Bertz CT molecular complexity index is 381. The lowest BCUT2D eigenvalue weighted by molar-refractivity contribution is 0.202. The summed E-state index contributed by atoms with van der Waals surface area (Å²) in [4.78, 5) is 11.1. The first-order valence-electron chi connectivity index (χ1n) is 6.52. The molecule has 0 amide bonds. The summed E-state index contributed by atoms with van der Waals surface area (Å²) >= 11 is 0. The lowest BCUT2D eigenvalue weighted by atomic mass is 10.2. The summed E-state index contributed by atoms with van der Waals surface area (Å²) in [5, 5.41) is 0. The molecule has 5 nitrogen and oxygen atoms in total. The van der Waals surface area contributed by atoms with E-state index in [1.807, 2.05) is 6.20 Å². The van der Waals surface area contributed by atoms with Gasteiger partial charge in [0.15, 0.2) is 0 Å². The second-order valence-corrected chi connectivity index (χ2v) is 4.84. The van der Waals surface area contributed by atoms with Crippen molar-refractivity contribution < 1.29 is 4.74 Å². The average Bonchev–Trinajstić information content (AvgIpc) is 3.23. The van der Waals surface area contributed by atoms with Crippen LogP contribution in [0.2, 0.25) is 0 Å². The van der Waals surface area contributed by atoms with E-state index in [0.717, 1.165) is 24.0 Å². The average molecular weight is 250 g/mol. The van der Waals surface area contributed by atoms with Gasteiger partial charge in [-0.2, -0.15) is 0 Å². The summed E-state index contributed by atoms with van der Waals surface area (Å²) < 4.78 is 5.19. The highest BCUT2D eigenvalue weighted by Gasteiger charge is 2.32. The van der Waals surface area contributed by atoms with E-state index >= 15 is 0 Å². The van der Waals surface area contributed by atoms with Gasteiger partial charge in [0, 0.05) is 32.4 Å². The number of methoxy groups -OCH3 is 1. The van der Waals surface area contributed by atoms with Crippen molar-refractivity contribution in [3.05, 3.63) is 18.1 Å². The minimum absolute atomic E-state index is 0.427. The molecule has 1 unspecified atom stereocenters. The van der Waals surface area contributed by atoms with Gasteiger partial charge >= 0.3 is 0 Å². The summed E-state index contributed by atoms with van der Waals surface area (Å²) in [6.45, 7) is 4.23. The summed E-state index contributed by atoms with van der Waals surface area (Å²) in [6, 6.07) is 0.488. The Morgan fingerprint density at radius 2 is 2.28 bits per heavy atom. The van der Waals surface area contributed by atoms with Gasteiger partial charge in [0.2, 0.25) is 0 Å². The predicted molar refractivity (Wildman–Crippen MR) is 71.3 cm³/mol. The van der Waals surface area contributed by atoms with Gasteiger partial charge in [-0.25, -0.2) is 4.98 Å². The minimum Gasteiger partial charge on any atom is -0.383 e. The van der Waals surface area contributed by atoms with E-state index in [9.17, 15) is 0 Å². The van der Waals surface area contributed by atoms with Crippen molar-refractivity contribution in [2.75, 3.05) is 25.2 Å². The summed E-state index contributed by atoms with van der Waals surface area (Å²) in [6.07, 6.45) is 6.16. The molecule has 2 rings (SSSR count). The van der Waals surface area contributed by atoms with Gasteiger partial charge in [0.05, 0.1) is 18.5 Å². The van der Waals surface area contributed by atoms with E-state index in [2.05, 4.69) is 21.8 Å². The van der Waals surface area contributed by atoms with Crippen molar-refractivity contribution in [2.24, 2.45) is 11.7 Å². The third-order valence-electron chi connectivity index (χ3n) is 3.51. The first-order chi connectivity index (χ1) is 8.76. The Morgan fingerprint density at radius 3 is 2.89 bits per heavy atom. The molecule has 100 valence electrons. The van der Waals surface area contributed by atoms with Crippen LogP contribution in [-0.4, -0.2) is 36.3 Å². The van der Waals surface area contributed by atoms with Crippen LogP contribution >= 0.6 is 0 Å². The van der Waals surface area contributed by atoms with Gasteiger partial charge in [-0.1, -0.05) is 0 Å². The van der Waals surface area contributed by atoms with Gasteiger partial charge < -0.3 is 15.4 Å². The molecule has 1 aliphatic rings. The second kappa shape index (κ2) is 6.11. The van der Waals surface area contributed by atoms with E-state index in [0.29, 0.717) is 19.2 Å². The van der Waals surface area contributed by atoms with Crippen LogP contribution in [0.4, 0.5) is 5.82 Å². The zero-order valence-electron chi connectivity index (χ0n) is 11.2. The molecule has 1 fully saturated rings. The molecular formula is C13H22N4O. The quantitative estimate of drug-likeness (QED) is 0.787. The number of rotatable bonds is 7. The first kappa shape index (κ1) is 13.2. The Balaban J connectivity index is 2.14. The molecule has 1 heterocycles. The predicted octanol–water partition coefficient (Wildman–Crippen LogP) is 1.19. The summed E-state index contributed by atoms with van der Waals surface area (Å²) in [5.41, 5.74) is 6.45. The van der Waals surface area contributed by atoms with Crippen LogP contribution < -0.4 is 10.6 Å². The summed E-state index contributed by atoms with van der Waals surface area (Å²) in [7, 11) is 1.72. The molecule has 0 spiro atoms. The van der Waals surface area contributed by atoms with Gasteiger partial charge in [0.25, 0.3) is 0 Å². The topological polar surface area (TPSA) is 64.3 Å². The number of hydrogen-bond donors (Lipinski definition) is 1. The van der Waals surface area contributed by atoms with Crippen LogP contribution in [0, 0.1) is 5.92 Å². The van der Waals surface area contributed by atoms with E-state index in [1.165, 1.54) is 12.8 Å². The number of ether oxygens (including phenoxy) is 1. The molecule has 1 aliphatic carbocycles. The zero-order valence-corrected chi connectivity index (χ0v) is 11.2. The minimum atomic E-state index is 0.427. The third kappa shape index (κ3) is 3.17. The molecule has 1 saturated carbocycles. The Labute approximate surface area is 108 Å². The highest BCUT2D eigenvalue weighted by atomic mass is 16.5. The Morgan fingerprint density at radius 1 is 1.50 bits per heavy atom. The van der Waals surface area contributed by atoms with Crippen molar-refractivity contribution in [3.63, 3.8) is 0 Å². The highest BCUT2D eigenvalue weighted by Crippen LogP contribution is 2.36. The Kier molecular flexibility index (Phi) is 4.49.